The number of halogens is 1. The topological polar surface area (TPSA) is 17.1 Å². The van der Waals surface area contributed by atoms with Crippen molar-refractivity contribution in [1.29, 1.82) is 0 Å². The van der Waals surface area contributed by atoms with E-state index in [0.717, 1.165) is 33.5 Å². The molecule has 1 saturated carbocycles. The van der Waals surface area contributed by atoms with E-state index in [1.54, 1.807) is 0 Å². The van der Waals surface area contributed by atoms with Crippen molar-refractivity contribution < 1.29 is 4.79 Å². The number of ketones is 1. The third-order valence-corrected chi connectivity index (χ3v) is 4.91. The molecule has 1 aromatic rings. The monoisotopic (exact) mass is 308 g/mol. The van der Waals surface area contributed by atoms with Crippen molar-refractivity contribution in [3.63, 3.8) is 0 Å². The number of benzene rings is 1. The Morgan fingerprint density at radius 1 is 1.22 bits per heavy atom. The lowest BCUT2D eigenvalue weighted by molar-refractivity contribution is 0.0973. The molecule has 1 nitrogen and oxygen atoms in total. The summed E-state index contributed by atoms with van der Waals surface area (Å²) in [6.07, 6.45) is 7.15. The molecule has 98 valence electrons. The van der Waals surface area contributed by atoms with Crippen LogP contribution < -0.4 is 0 Å². The van der Waals surface area contributed by atoms with E-state index in [4.69, 9.17) is 0 Å². The molecule has 2 heteroatoms. The SMILES string of the molecule is Cc1cc(C(=O)CCC2CCCC2)c(C)cc1Br. The number of rotatable bonds is 4. The first-order valence-electron chi connectivity index (χ1n) is 6.88. The minimum atomic E-state index is 0.315. The third kappa shape index (κ3) is 3.23. The zero-order valence-corrected chi connectivity index (χ0v) is 12.8. The molecular weight excluding hydrogens is 288 g/mol. The van der Waals surface area contributed by atoms with E-state index >= 15 is 0 Å². The molecule has 1 aliphatic carbocycles. The summed E-state index contributed by atoms with van der Waals surface area (Å²) in [5.74, 6) is 1.11. The van der Waals surface area contributed by atoms with Crippen LogP contribution in [0.3, 0.4) is 0 Å². The van der Waals surface area contributed by atoms with Gasteiger partial charge in [-0.05, 0) is 49.4 Å². The van der Waals surface area contributed by atoms with Gasteiger partial charge in [0.05, 0.1) is 0 Å². The van der Waals surface area contributed by atoms with Gasteiger partial charge in [-0.25, -0.2) is 0 Å². The Morgan fingerprint density at radius 2 is 1.89 bits per heavy atom. The van der Waals surface area contributed by atoms with Crippen LogP contribution in [0.1, 0.15) is 60.0 Å². The molecule has 2 rings (SSSR count). The molecular formula is C16H21BrO. The molecule has 0 heterocycles. The van der Waals surface area contributed by atoms with Gasteiger partial charge < -0.3 is 0 Å². The maximum atomic E-state index is 12.3. The van der Waals surface area contributed by atoms with Crippen molar-refractivity contribution in [1.82, 2.24) is 0 Å². The molecule has 0 N–H and O–H groups in total. The molecule has 0 aromatic heterocycles. The minimum absolute atomic E-state index is 0.315. The Hall–Kier alpha value is -0.630. The van der Waals surface area contributed by atoms with Crippen molar-refractivity contribution in [2.45, 2.75) is 52.4 Å². The second-order valence-electron chi connectivity index (χ2n) is 5.53. The van der Waals surface area contributed by atoms with Gasteiger partial charge in [-0.3, -0.25) is 4.79 Å². The Bertz CT molecular complexity index is 445. The number of carbonyl (C=O) groups is 1. The van der Waals surface area contributed by atoms with Crippen molar-refractivity contribution in [2.24, 2.45) is 5.92 Å². The van der Waals surface area contributed by atoms with E-state index in [2.05, 4.69) is 22.0 Å². The van der Waals surface area contributed by atoms with E-state index in [-0.39, 0.29) is 0 Å². The smallest absolute Gasteiger partial charge is 0.163 e. The first kappa shape index (κ1) is 13.8. The number of hydrogen-bond acceptors (Lipinski definition) is 1. The Kier molecular flexibility index (Phi) is 4.60. The molecule has 0 unspecified atom stereocenters. The van der Waals surface area contributed by atoms with E-state index in [1.807, 2.05) is 19.9 Å². The number of carbonyl (C=O) groups excluding carboxylic acids is 1. The van der Waals surface area contributed by atoms with Gasteiger partial charge in [-0.1, -0.05) is 41.6 Å². The van der Waals surface area contributed by atoms with Crippen LogP contribution in [0.15, 0.2) is 16.6 Å². The lowest BCUT2D eigenvalue weighted by Crippen LogP contribution is -2.05. The Balaban J connectivity index is 2.01. The highest BCUT2D eigenvalue weighted by atomic mass is 79.9. The highest BCUT2D eigenvalue weighted by Crippen LogP contribution is 2.29. The van der Waals surface area contributed by atoms with E-state index in [1.165, 1.54) is 25.7 Å². The lowest BCUT2D eigenvalue weighted by atomic mass is 9.95. The zero-order chi connectivity index (χ0) is 13.1. The molecule has 0 spiro atoms. The fourth-order valence-electron chi connectivity index (χ4n) is 2.85. The van der Waals surface area contributed by atoms with E-state index in [0.29, 0.717) is 12.2 Å². The molecule has 0 amide bonds. The molecule has 1 fully saturated rings. The summed E-state index contributed by atoms with van der Waals surface area (Å²) in [5.41, 5.74) is 3.14. The van der Waals surface area contributed by atoms with Crippen molar-refractivity contribution >= 4 is 21.7 Å². The predicted molar refractivity (Wildman–Crippen MR) is 79.1 cm³/mol. The van der Waals surface area contributed by atoms with Crippen LogP contribution in [0.4, 0.5) is 0 Å². The van der Waals surface area contributed by atoms with Gasteiger partial charge in [0.25, 0.3) is 0 Å². The second-order valence-corrected chi connectivity index (χ2v) is 6.38. The van der Waals surface area contributed by atoms with Crippen LogP contribution in [0.5, 0.6) is 0 Å². The van der Waals surface area contributed by atoms with Crippen molar-refractivity contribution in [3.05, 3.63) is 33.3 Å². The lowest BCUT2D eigenvalue weighted by Gasteiger charge is -2.10. The quantitative estimate of drug-likeness (QED) is 0.697. The van der Waals surface area contributed by atoms with Crippen LogP contribution in [0.25, 0.3) is 0 Å². The van der Waals surface area contributed by atoms with Gasteiger partial charge in [-0.15, -0.1) is 0 Å². The zero-order valence-electron chi connectivity index (χ0n) is 11.3. The van der Waals surface area contributed by atoms with Gasteiger partial charge in [0.2, 0.25) is 0 Å². The molecule has 1 aromatic carbocycles. The second kappa shape index (κ2) is 6.01. The molecule has 0 saturated heterocycles. The maximum absolute atomic E-state index is 12.3. The minimum Gasteiger partial charge on any atom is -0.294 e. The summed E-state index contributed by atoms with van der Waals surface area (Å²) in [5, 5.41) is 0. The van der Waals surface area contributed by atoms with E-state index < -0.39 is 0 Å². The average molecular weight is 309 g/mol. The molecule has 0 radical (unpaired) electrons. The first-order valence-corrected chi connectivity index (χ1v) is 7.67. The van der Waals surface area contributed by atoms with Crippen LogP contribution in [-0.2, 0) is 0 Å². The fourth-order valence-corrected chi connectivity index (χ4v) is 3.31. The van der Waals surface area contributed by atoms with E-state index in [9.17, 15) is 4.79 Å². The largest absolute Gasteiger partial charge is 0.294 e. The highest BCUT2D eigenvalue weighted by molar-refractivity contribution is 9.10. The van der Waals surface area contributed by atoms with Gasteiger partial charge >= 0.3 is 0 Å². The molecule has 0 aliphatic heterocycles. The van der Waals surface area contributed by atoms with Gasteiger partial charge in [0.1, 0.15) is 0 Å². The van der Waals surface area contributed by atoms with Crippen molar-refractivity contribution in [3.8, 4) is 0 Å². The Morgan fingerprint density at radius 3 is 2.56 bits per heavy atom. The molecule has 0 atom stereocenters. The normalized spacial score (nSPS) is 16.2. The molecule has 0 bridgehead atoms. The summed E-state index contributed by atoms with van der Waals surface area (Å²) >= 11 is 3.51. The summed E-state index contributed by atoms with van der Waals surface area (Å²) in [6.45, 7) is 4.06. The predicted octanol–water partition coefficient (Wildman–Crippen LogP) is 5.22. The maximum Gasteiger partial charge on any atom is 0.163 e. The standard InChI is InChI=1S/C16H21BrO/c1-11-10-15(17)12(2)9-14(11)16(18)8-7-13-5-3-4-6-13/h9-10,13H,3-8H2,1-2H3. The van der Waals surface area contributed by atoms with Crippen LogP contribution in [-0.4, -0.2) is 5.78 Å². The molecule has 18 heavy (non-hydrogen) atoms. The molecule has 1 aliphatic rings. The Labute approximate surface area is 118 Å². The third-order valence-electron chi connectivity index (χ3n) is 4.06. The number of hydrogen-bond donors (Lipinski definition) is 0. The van der Waals surface area contributed by atoms with Gasteiger partial charge in [-0.2, -0.15) is 0 Å². The fraction of sp³-hybridized carbons (Fsp3) is 0.562. The van der Waals surface area contributed by atoms with Gasteiger partial charge in [0.15, 0.2) is 5.78 Å². The van der Waals surface area contributed by atoms with Crippen LogP contribution in [0, 0.1) is 19.8 Å². The van der Waals surface area contributed by atoms with Crippen LogP contribution in [0.2, 0.25) is 0 Å². The average Bonchev–Trinajstić information content (AvgIpc) is 2.84. The van der Waals surface area contributed by atoms with Gasteiger partial charge in [0, 0.05) is 16.5 Å². The van der Waals surface area contributed by atoms with Crippen LogP contribution >= 0.6 is 15.9 Å². The summed E-state index contributed by atoms with van der Waals surface area (Å²) in [4.78, 5) is 12.3. The number of Topliss-reactive ketones (excluding diaryl/α,β-unsaturated/α-hetero) is 1. The first-order chi connectivity index (χ1) is 8.58. The van der Waals surface area contributed by atoms with Crippen molar-refractivity contribution in [2.75, 3.05) is 0 Å². The summed E-state index contributed by atoms with van der Waals surface area (Å²) < 4.78 is 1.09. The number of aryl methyl sites for hydroxylation is 2. The summed E-state index contributed by atoms with van der Waals surface area (Å²) in [7, 11) is 0. The summed E-state index contributed by atoms with van der Waals surface area (Å²) in [6, 6.07) is 4.08. The highest BCUT2D eigenvalue weighted by Gasteiger charge is 2.17.